The highest BCUT2D eigenvalue weighted by Gasteiger charge is 2.27. The van der Waals surface area contributed by atoms with Crippen molar-refractivity contribution in [2.75, 3.05) is 32.6 Å². The minimum Gasteiger partial charge on any atom is -0.497 e. The molecule has 1 amide bonds. The van der Waals surface area contributed by atoms with E-state index in [1.165, 1.54) is 0 Å². The van der Waals surface area contributed by atoms with Gasteiger partial charge in [-0.25, -0.2) is 0 Å². The minimum atomic E-state index is -0.302. The third-order valence-corrected chi connectivity index (χ3v) is 6.74. The lowest BCUT2D eigenvalue weighted by atomic mass is 9.90. The molecule has 0 aliphatic rings. The lowest BCUT2D eigenvalue weighted by molar-refractivity contribution is -0.143. The molecular formula is C29H38N2O5. The van der Waals surface area contributed by atoms with Crippen LogP contribution in [0.15, 0.2) is 46.9 Å². The summed E-state index contributed by atoms with van der Waals surface area (Å²) in [4.78, 5) is 25.9. The van der Waals surface area contributed by atoms with Crippen molar-refractivity contribution >= 4 is 28.5 Å². The average molecular weight is 495 g/mol. The molecule has 0 radical (unpaired) electrons. The van der Waals surface area contributed by atoms with Crippen molar-refractivity contribution in [2.45, 2.75) is 53.0 Å². The average Bonchev–Trinajstić information content (AvgIpc) is 3.22. The number of methoxy groups -OCH3 is 1. The SMILES string of the molecule is CCOC(=O)CCN(C)C(=O)c1ccc(NC(c2oc3ccc(OC)cc3c2C)C(CC)CC)cc1. The van der Waals surface area contributed by atoms with Crippen molar-refractivity contribution in [3.05, 3.63) is 59.4 Å². The number of anilines is 1. The number of furan rings is 1. The van der Waals surface area contributed by atoms with E-state index in [-0.39, 0.29) is 24.3 Å². The van der Waals surface area contributed by atoms with E-state index in [1.54, 1.807) is 26.0 Å². The molecule has 1 unspecified atom stereocenters. The van der Waals surface area contributed by atoms with Gasteiger partial charge in [-0.2, -0.15) is 0 Å². The monoisotopic (exact) mass is 494 g/mol. The number of hydrogen-bond donors (Lipinski definition) is 1. The predicted octanol–water partition coefficient (Wildman–Crippen LogP) is 6.36. The second-order valence-electron chi connectivity index (χ2n) is 9.01. The lowest BCUT2D eigenvalue weighted by Crippen LogP contribution is -2.29. The Morgan fingerprint density at radius 1 is 1.06 bits per heavy atom. The Hall–Kier alpha value is -3.48. The Morgan fingerprint density at radius 3 is 2.36 bits per heavy atom. The number of aryl methyl sites for hydroxylation is 1. The molecule has 1 heterocycles. The summed E-state index contributed by atoms with van der Waals surface area (Å²) in [6.07, 6.45) is 2.17. The van der Waals surface area contributed by atoms with E-state index in [0.717, 1.165) is 46.6 Å². The third-order valence-electron chi connectivity index (χ3n) is 6.74. The maximum atomic E-state index is 12.8. The van der Waals surface area contributed by atoms with Crippen molar-refractivity contribution in [3.8, 4) is 5.75 Å². The smallest absolute Gasteiger partial charge is 0.307 e. The van der Waals surface area contributed by atoms with E-state index >= 15 is 0 Å². The highest BCUT2D eigenvalue weighted by molar-refractivity contribution is 5.94. The van der Waals surface area contributed by atoms with E-state index in [9.17, 15) is 9.59 Å². The number of carbonyl (C=O) groups excluding carboxylic acids is 2. The molecule has 0 saturated heterocycles. The summed E-state index contributed by atoms with van der Waals surface area (Å²) in [6.45, 7) is 8.89. The van der Waals surface area contributed by atoms with Gasteiger partial charge in [0.1, 0.15) is 17.1 Å². The van der Waals surface area contributed by atoms with Crippen molar-refractivity contribution < 1.29 is 23.5 Å². The van der Waals surface area contributed by atoms with Gasteiger partial charge in [-0.1, -0.05) is 26.7 Å². The molecule has 0 aliphatic heterocycles. The fourth-order valence-electron chi connectivity index (χ4n) is 4.50. The molecule has 1 atom stereocenters. The summed E-state index contributed by atoms with van der Waals surface area (Å²) in [5.74, 6) is 1.65. The molecule has 1 aromatic heterocycles. The molecule has 2 aromatic carbocycles. The molecule has 0 spiro atoms. The van der Waals surface area contributed by atoms with Crippen LogP contribution in [0.4, 0.5) is 5.69 Å². The number of nitrogens with zero attached hydrogens (tertiary/aromatic N) is 1. The normalized spacial score (nSPS) is 12.0. The maximum Gasteiger partial charge on any atom is 0.307 e. The Labute approximate surface area is 213 Å². The first-order chi connectivity index (χ1) is 17.3. The third kappa shape index (κ3) is 6.20. The van der Waals surface area contributed by atoms with E-state index in [2.05, 4.69) is 26.1 Å². The van der Waals surface area contributed by atoms with Crippen LogP contribution in [0.25, 0.3) is 11.0 Å². The fraction of sp³-hybridized carbons (Fsp3) is 0.448. The highest BCUT2D eigenvalue weighted by atomic mass is 16.5. The van der Waals surface area contributed by atoms with Gasteiger partial charge in [-0.05, 0) is 62.2 Å². The largest absolute Gasteiger partial charge is 0.497 e. The molecule has 0 saturated carbocycles. The Bertz CT molecular complexity index is 1160. The van der Waals surface area contributed by atoms with Crippen molar-refractivity contribution in [1.29, 1.82) is 0 Å². The van der Waals surface area contributed by atoms with Crippen LogP contribution in [0.2, 0.25) is 0 Å². The van der Waals surface area contributed by atoms with Crippen LogP contribution in [0.3, 0.4) is 0 Å². The Kier molecular flexibility index (Phi) is 9.39. The quantitative estimate of drug-likeness (QED) is 0.295. The first kappa shape index (κ1) is 27.1. The van der Waals surface area contributed by atoms with Crippen LogP contribution in [-0.2, 0) is 9.53 Å². The van der Waals surface area contributed by atoms with E-state index in [1.807, 2.05) is 42.5 Å². The van der Waals surface area contributed by atoms with Crippen LogP contribution in [0.1, 0.15) is 67.8 Å². The van der Waals surface area contributed by atoms with Gasteiger partial charge >= 0.3 is 5.97 Å². The van der Waals surface area contributed by atoms with Crippen LogP contribution >= 0.6 is 0 Å². The summed E-state index contributed by atoms with van der Waals surface area (Å²) < 4.78 is 16.7. The zero-order valence-electron chi connectivity index (χ0n) is 22.2. The van der Waals surface area contributed by atoms with Crippen LogP contribution in [0, 0.1) is 12.8 Å². The number of nitrogens with one attached hydrogen (secondary N) is 1. The van der Waals surface area contributed by atoms with Crippen molar-refractivity contribution in [2.24, 2.45) is 5.92 Å². The number of amides is 1. The summed E-state index contributed by atoms with van der Waals surface area (Å²) in [5.41, 5.74) is 3.42. The van der Waals surface area contributed by atoms with Gasteiger partial charge in [0.05, 0.1) is 26.2 Å². The molecule has 194 valence electrons. The van der Waals surface area contributed by atoms with Crippen LogP contribution in [-0.4, -0.2) is 44.1 Å². The molecular weight excluding hydrogens is 456 g/mol. The first-order valence-corrected chi connectivity index (χ1v) is 12.7. The first-order valence-electron chi connectivity index (χ1n) is 12.7. The number of esters is 1. The summed E-state index contributed by atoms with van der Waals surface area (Å²) >= 11 is 0. The molecule has 3 rings (SSSR count). The molecule has 0 aliphatic carbocycles. The van der Waals surface area contributed by atoms with Gasteiger partial charge in [-0.3, -0.25) is 9.59 Å². The summed E-state index contributed by atoms with van der Waals surface area (Å²) in [5, 5.41) is 4.72. The highest BCUT2D eigenvalue weighted by Crippen LogP contribution is 2.38. The van der Waals surface area contributed by atoms with Gasteiger partial charge in [-0.15, -0.1) is 0 Å². The molecule has 0 fully saturated rings. The summed E-state index contributed by atoms with van der Waals surface area (Å²) in [7, 11) is 3.36. The standard InChI is InChI=1S/C29H38N2O5/c1-7-20(8-2)27(28-19(4)24-18-23(34-6)14-15-25(24)36-28)30-22-12-10-21(11-13-22)29(33)31(5)17-16-26(32)35-9-3/h10-15,18,20,27,30H,7-9,16-17H2,1-6H3. The Balaban J connectivity index is 1.80. The number of carbonyl (C=O) groups is 2. The van der Waals surface area contributed by atoms with Gasteiger partial charge in [0, 0.05) is 35.8 Å². The van der Waals surface area contributed by atoms with Gasteiger partial charge in [0.15, 0.2) is 0 Å². The van der Waals surface area contributed by atoms with Gasteiger partial charge in [0.2, 0.25) is 0 Å². The number of benzene rings is 2. The van der Waals surface area contributed by atoms with Gasteiger partial charge in [0.25, 0.3) is 5.91 Å². The van der Waals surface area contributed by atoms with E-state index < -0.39 is 0 Å². The predicted molar refractivity (Wildman–Crippen MR) is 143 cm³/mol. The molecule has 1 N–H and O–H groups in total. The number of ether oxygens (including phenoxy) is 2. The second-order valence-corrected chi connectivity index (χ2v) is 9.01. The number of fused-ring (bicyclic) bond motifs is 1. The minimum absolute atomic E-state index is 0.0211. The number of hydrogen-bond acceptors (Lipinski definition) is 6. The summed E-state index contributed by atoms with van der Waals surface area (Å²) in [6, 6.07) is 13.3. The lowest BCUT2D eigenvalue weighted by Gasteiger charge is -2.26. The zero-order valence-corrected chi connectivity index (χ0v) is 22.2. The van der Waals surface area contributed by atoms with Gasteiger partial charge < -0.3 is 24.1 Å². The number of rotatable bonds is 12. The van der Waals surface area contributed by atoms with Crippen molar-refractivity contribution in [1.82, 2.24) is 4.90 Å². The Morgan fingerprint density at radius 2 is 1.75 bits per heavy atom. The molecule has 7 heteroatoms. The molecule has 7 nitrogen and oxygen atoms in total. The van der Waals surface area contributed by atoms with Crippen molar-refractivity contribution in [3.63, 3.8) is 0 Å². The molecule has 36 heavy (non-hydrogen) atoms. The maximum absolute atomic E-state index is 12.8. The van der Waals surface area contributed by atoms with E-state index in [0.29, 0.717) is 24.6 Å². The molecule has 0 bridgehead atoms. The van der Waals surface area contributed by atoms with Crippen LogP contribution in [0.5, 0.6) is 5.75 Å². The second kappa shape index (κ2) is 12.5. The van der Waals surface area contributed by atoms with E-state index in [4.69, 9.17) is 13.9 Å². The molecule has 3 aromatic rings. The fourth-order valence-corrected chi connectivity index (χ4v) is 4.50. The zero-order chi connectivity index (χ0) is 26.2. The van der Waals surface area contributed by atoms with Crippen LogP contribution < -0.4 is 10.1 Å². The topological polar surface area (TPSA) is 81.0 Å².